The molecule has 1 N–H and O–H groups in total. The summed E-state index contributed by atoms with van der Waals surface area (Å²) in [6.45, 7) is 0.523. The van der Waals surface area contributed by atoms with Gasteiger partial charge in [-0.15, -0.1) is 0 Å². The predicted molar refractivity (Wildman–Crippen MR) is 80.6 cm³/mol. The first-order chi connectivity index (χ1) is 10.1. The van der Waals surface area contributed by atoms with Crippen molar-refractivity contribution in [2.24, 2.45) is 11.8 Å². The van der Waals surface area contributed by atoms with Crippen LogP contribution in [0.15, 0.2) is 12.2 Å². The third-order valence-corrected chi connectivity index (χ3v) is 6.72. The van der Waals surface area contributed by atoms with Crippen LogP contribution in [0.25, 0.3) is 0 Å². The molecule has 1 rings (SSSR count). The van der Waals surface area contributed by atoms with Crippen LogP contribution in [0.5, 0.6) is 0 Å². The van der Waals surface area contributed by atoms with Crippen molar-refractivity contribution in [1.29, 1.82) is 0 Å². The molecule has 0 radical (unpaired) electrons. The summed E-state index contributed by atoms with van der Waals surface area (Å²) < 4.78 is 16.0. The fourth-order valence-electron chi connectivity index (χ4n) is 2.49. The largest absolute Gasteiger partial charge is 0.500 e. The average Bonchev–Trinajstić information content (AvgIpc) is 2.55. The quantitative estimate of drug-likeness (QED) is 0.299. The van der Waals surface area contributed by atoms with E-state index in [1.54, 1.807) is 21.3 Å². The van der Waals surface area contributed by atoms with Crippen molar-refractivity contribution in [3.05, 3.63) is 12.2 Å². The number of allylic oxidation sites excluding steroid dienone is 2. The average molecular weight is 315 g/mol. The van der Waals surface area contributed by atoms with Gasteiger partial charge in [-0.1, -0.05) is 12.2 Å². The first-order valence-corrected chi connectivity index (χ1v) is 9.09. The van der Waals surface area contributed by atoms with Crippen molar-refractivity contribution in [1.82, 2.24) is 5.32 Å². The number of carbonyl (C=O) groups excluding carboxylic acids is 2. The Bertz CT molecular complexity index is 362. The van der Waals surface area contributed by atoms with Crippen LogP contribution >= 0.6 is 0 Å². The molecular formula is C14H25NO5Si. The number of nitrogens with one attached hydrogen (secondary N) is 1. The van der Waals surface area contributed by atoms with E-state index in [-0.39, 0.29) is 17.7 Å². The van der Waals surface area contributed by atoms with Crippen molar-refractivity contribution < 1.29 is 22.9 Å². The Morgan fingerprint density at radius 3 is 2.43 bits per heavy atom. The van der Waals surface area contributed by atoms with Gasteiger partial charge in [-0.25, -0.2) is 0 Å². The summed E-state index contributed by atoms with van der Waals surface area (Å²) in [6, 6.07) is 0.637. The van der Waals surface area contributed by atoms with E-state index in [4.69, 9.17) is 13.3 Å². The van der Waals surface area contributed by atoms with Crippen LogP contribution < -0.4 is 5.32 Å². The maximum atomic E-state index is 12.1. The molecule has 0 heterocycles. The lowest BCUT2D eigenvalue weighted by Crippen LogP contribution is -2.43. The van der Waals surface area contributed by atoms with Crippen LogP contribution in [0.1, 0.15) is 19.3 Å². The fraction of sp³-hybridized carbons (Fsp3) is 0.714. The third-order valence-electron chi connectivity index (χ3n) is 3.89. The Morgan fingerprint density at radius 2 is 1.86 bits per heavy atom. The van der Waals surface area contributed by atoms with E-state index in [2.05, 4.69) is 5.32 Å². The van der Waals surface area contributed by atoms with Gasteiger partial charge < -0.3 is 23.4 Å². The molecule has 120 valence electrons. The van der Waals surface area contributed by atoms with Gasteiger partial charge in [0.1, 0.15) is 6.29 Å². The van der Waals surface area contributed by atoms with Gasteiger partial charge in [-0.2, -0.15) is 0 Å². The van der Waals surface area contributed by atoms with Crippen molar-refractivity contribution in [3.8, 4) is 0 Å². The number of hydrogen-bond acceptors (Lipinski definition) is 5. The van der Waals surface area contributed by atoms with Gasteiger partial charge >= 0.3 is 8.80 Å². The van der Waals surface area contributed by atoms with Crippen LogP contribution in [0, 0.1) is 11.8 Å². The number of hydrogen-bond donors (Lipinski definition) is 1. The Labute approximate surface area is 127 Å². The molecule has 0 bridgehead atoms. The highest BCUT2D eigenvalue weighted by Crippen LogP contribution is 2.24. The van der Waals surface area contributed by atoms with Crippen molar-refractivity contribution in [2.45, 2.75) is 25.3 Å². The molecule has 7 heteroatoms. The second kappa shape index (κ2) is 9.09. The maximum Gasteiger partial charge on any atom is 0.500 e. The highest BCUT2D eigenvalue weighted by atomic mass is 28.4. The summed E-state index contributed by atoms with van der Waals surface area (Å²) in [6.07, 6.45) is 6.78. The molecule has 1 amide bonds. The molecule has 0 aromatic heterocycles. The van der Waals surface area contributed by atoms with Gasteiger partial charge in [0.15, 0.2) is 0 Å². The van der Waals surface area contributed by atoms with Gasteiger partial charge in [0.25, 0.3) is 0 Å². The Kier molecular flexibility index (Phi) is 7.80. The molecule has 6 nitrogen and oxygen atoms in total. The lowest BCUT2D eigenvalue weighted by molar-refractivity contribution is -0.129. The summed E-state index contributed by atoms with van der Waals surface area (Å²) in [5.74, 6) is -0.516. The van der Waals surface area contributed by atoms with E-state index < -0.39 is 8.80 Å². The zero-order chi connectivity index (χ0) is 15.7. The third kappa shape index (κ3) is 5.03. The smallest absolute Gasteiger partial charge is 0.377 e. The number of aldehydes is 1. The topological polar surface area (TPSA) is 73.9 Å². The van der Waals surface area contributed by atoms with Crippen LogP contribution in [-0.4, -0.2) is 48.9 Å². The standard InChI is InChI=1S/C14H25NO5Si/c1-18-21(19-2,20-3)10-6-9-15-14(17)13-8-5-4-7-12(13)11-16/h4-5,11-13H,6-10H2,1-3H3,(H,15,17). The first-order valence-electron chi connectivity index (χ1n) is 7.16. The van der Waals surface area contributed by atoms with Crippen molar-refractivity contribution in [2.75, 3.05) is 27.9 Å². The van der Waals surface area contributed by atoms with E-state index in [1.807, 2.05) is 12.2 Å². The van der Waals surface area contributed by atoms with Crippen molar-refractivity contribution in [3.63, 3.8) is 0 Å². The van der Waals surface area contributed by atoms with Gasteiger partial charge in [-0.3, -0.25) is 4.79 Å². The zero-order valence-electron chi connectivity index (χ0n) is 13.0. The molecule has 0 aromatic rings. The van der Waals surface area contributed by atoms with Crippen LogP contribution in [0.4, 0.5) is 0 Å². The van der Waals surface area contributed by atoms with Crippen molar-refractivity contribution >= 4 is 21.0 Å². The summed E-state index contributed by atoms with van der Waals surface area (Å²) in [7, 11) is 2.14. The highest BCUT2D eigenvalue weighted by Gasteiger charge is 2.37. The molecule has 21 heavy (non-hydrogen) atoms. The van der Waals surface area contributed by atoms with E-state index in [0.717, 1.165) is 6.29 Å². The van der Waals surface area contributed by atoms with Crippen LogP contribution in [0.2, 0.25) is 6.04 Å². The monoisotopic (exact) mass is 315 g/mol. The first kappa shape index (κ1) is 18.0. The Morgan fingerprint density at radius 1 is 1.24 bits per heavy atom. The highest BCUT2D eigenvalue weighted by molar-refractivity contribution is 6.60. The molecule has 0 saturated carbocycles. The minimum Gasteiger partial charge on any atom is -0.377 e. The Balaban J connectivity index is 2.36. The van der Waals surface area contributed by atoms with Gasteiger partial charge in [0, 0.05) is 39.8 Å². The normalized spacial score (nSPS) is 22.0. The fourth-order valence-corrected chi connectivity index (χ4v) is 4.21. The van der Waals surface area contributed by atoms with Gasteiger partial charge in [0.05, 0.1) is 5.92 Å². The van der Waals surface area contributed by atoms with E-state index in [1.165, 1.54) is 0 Å². The summed E-state index contributed by atoms with van der Waals surface area (Å²) in [4.78, 5) is 23.1. The second-order valence-corrected chi connectivity index (χ2v) is 8.13. The minimum atomic E-state index is -2.57. The molecule has 0 aliphatic heterocycles. The van der Waals surface area contributed by atoms with Crippen LogP contribution in [-0.2, 0) is 22.9 Å². The second-order valence-electron chi connectivity index (χ2n) is 5.04. The summed E-state index contributed by atoms with van der Waals surface area (Å²) >= 11 is 0. The maximum absolute atomic E-state index is 12.1. The molecule has 2 unspecified atom stereocenters. The summed E-state index contributed by atoms with van der Waals surface area (Å²) in [5.41, 5.74) is 0. The number of amides is 1. The number of rotatable bonds is 9. The Hall–Kier alpha value is -1.02. The zero-order valence-corrected chi connectivity index (χ0v) is 14.0. The molecule has 1 aliphatic rings. The lowest BCUT2D eigenvalue weighted by atomic mass is 9.83. The van der Waals surface area contributed by atoms with E-state index in [0.29, 0.717) is 31.9 Å². The predicted octanol–water partition coefficient (Wildman–Crippen LogP) is 1.15. The van der Waals surface area contributed by atoms with Crippen LogP contribution in [0.3, 0.4) is 0 Å². The van der Waals surface area contributed by atoms with E-state index >= 15 is 0 Å². The van der Waals surface area contributed by atoms with Gasteiger partial charge in [-0.05, 0) is 19.3 Å². The number of carbonyl (C=O) groups is 2. The summed E-state index contributed by atoms with van der Waals surface area (Å²) in [5, 5.41) is 2.89. The molecule has 0 aromatic carbocycles. The molecular weight excluding hydrogens is 290 g/mol. The SMILES string of the molecule is CO[Si](CCCNC(=O)C1CC=CCC1C=O)(OC)OC. The van der Waals surface area contributed by atoms with E-state index in [9.17, 15) is 9.59 Å². The molecule has 0 saturated heterocycles. The molecule has 1 aliphatic carbocycles. The molecule has 2 atom stereocenters. The molecule has 0 fully saturated rings. The molecule has 0 spiro atoms. The lowest BCUT2D eigenvalue weighted by Gasteiger charge is -2.25. The van der Waals surface area contributed by atoms with Gasteiger partial charge in [0.2, 0.25) is 5.91 Å². The minimum absolute atomic E-state index is 0.0593.